The van der Waals surface area contributed by atoms with Crippen molar-refractivity contribution in [2.45, 2.75) is 100 Å². The average molecular weight is 620 g/mol. The number of allylic oxidation sites excluding steroid dienone is 1. The van der Waals surface area contributed by atoms with Crippen molar-refractivity contribution in [3.63, 3.8) is 0 Å². The number of quaternary nitrogens is 1. The van der Waals surface area contributed by atoms with E-state index in [1.165, 1.54) is 30.2 Å². The van der Waals surface area contributed by atoms with E-state index in [1.54, 1.807) is 26.8 Å². The predicted molar refractivity (Wildman–Crippen MR) is 156 cm³/mol. The molecule has 0 aromatic heterocycles. The molecule has 1 aromatic rings. The van der Waals surface area contributed by atoms with Gasteiger partial charge < -0.3 is 25.0 Å². The highest BCUT2D eigenvalue weighted by molar-refractivity contribution is 7.85. The predicted octanol–water partition coefficient (Wildman–Crippen LogP) is 1.75. The zero-order chi connectivity index (χ0) is 31.4. The summed E-state index contributed by atoms with van der Waals surface area (Å²) in [6, 6.07) is 4.29. The number of primary amides is 1. The number of hydrogen-bond donors (Lipinski definition) is 3. The quantitative estimate of drug-likeness (QED) is 0.420. The van der Waals surface area contributed by atoms with Crippen LogP contribution in [0.5, 0.6) is 5.75 Å². The van der Waals surface area contributed by atoms with Gasteiger partial charge in [-0.15, -0.1) is 0 Å². The lowest BCUT2D eigenvalue weighted by Gasteiger charge is -2.30. The number of ether oxygens (including phenoxy) is 2. The summed E-state index contributed by atoms with van der Waals surface area (Å²) in [5.41, 5.74) is -2.18. The first-order valence-corrected chi connectivity index (χ1v) is 16.4. The van der Waals surface area contributed by atoms with E-state index < -0.39 is 51.2 Å². The number of primary sulfonamides is 1. The number of nitrogens with zero attached hydrogens (tertiary/aromatic N) is 1. The highest BCUT2D eigenvalue weighted by Gasteiger charge is 2.64. The molecule has 2 heterocycles. The Morgan fingerprint density at radius 2 is 1.84 bits per heavy atom. The van der Waals surface area contributed by atoms with Gasteiger partial charge in [-0.3, -0.25) is 9.59 Å². The van der Waals surface area contributed by atoms with Gasteiger partial charge in [0.15, 0.2) is 10.4 Å². The van der Waals surface area contributed by atoms with E-state index in [9.17, 15) is 27.6 Å². The Morgan fingerprint density at radius 1 is 1.09 bits per heavy atom. The smallest absolute Gasteiger partial charge is 0.408 e. The van der Waals surface area contributed by atoms with Crippen LogP contribution >= 0.6 is 0 Å². The number of methoxy groups -OCH3 is 1. The van der Waals surface area contributed by atoms with Crippen molar-refractivity contribution in [2.24, 2.45) is 5.92 Å². The molecule has 12 nitrogen and oxygen atoms in total. The number of rotatable bonds is 5. The topological polar surface area (TPSA) is 165 Å². The Morgan fingerprint density at radius 3 is 2.56 bits per heavy atom. The van der Waals surface area contributed by atoms with Crippen LogP contribution in [0.4, 0.5) is 4.79 Å². The molecule has 236 valence electrons. The number of sulfonamides is 1. The largest absolute Gasteiger partial charge is 0.495 e. The number of nitrogens with one attached hydrogen (secondary N) is 2. The zero-order valence-corrected chi connectivity index (χ0v) is 26.1. The van der Waals surface area contributed by atoms with E-state index >= 15 is 0 Å². The molecule has 2 aliphatic heterocycles. The summed E-state index contributed by atoms with van der Waals surface area (Å²) >= 11 is 0. The van der Waals surface area contributed by atoms with Crippen molar-refractivity contribution in [3.05, 3.63) is 36.4 Å². The van der Waals surface area contributed by atoms with Gasteiger partial charge in [0.25, 0.3) is 0 Å². The van der Waals surface area contributed by atoms with Gasteiger partial charge in [0.2, 0.25) is 11.8 Å². The van der Waals surface area contributed by atoms with Gasteiger partial charge >= 0.3 is 22.0 Å². The van der Waals surface area contributed by atoms with Crippen molar-refractivity contribution in [2.75, 3.05) is 13.7 Å². The third-order valence-electron chi connectivity index (χ3n) is 8.00. The molecule has 0 bridgehead atoms. The normalized spacial score (nSPS) is 26.7. The average Bonchev–Trinajstić information content (AvgIpc) is 3.39. The van der Waals surface area contributed by atoms with E-state index in [0.29, 0.717) is 43.4 Å². The summed E-state index contributed by atoms with van der Waals surface area (Å²) in [5.74, 6) is -1.91. The Kier molecular flexibility index (Phi) is 9.85. The van der Waals surface area contributed by atoms with Gasteiger partial charge in [-0.2, -0.15) is 13.1 Å². The van der Waals surface area contributed by atoms with Crippen LogP contribution < -0.4 is 20.1 Å². The molecule has 4 rings (SSSR count). The second kappa shape index (κ2) is 13.0. The van der Waals surface area contributed by atoms with Crippen LogP contribution in [-0.4, -0.2) is 74.0 Å². The summed E-state index contributed by atoms with van der Waals surface area (Å²) in [6.45, 7) is 5.53. The Bertz CT molecular complexity index is 1370. The zero-order valence-electron chi connectivity index (χ0n) is 25.3. The Hall–Kier alpha value is -3.45. The van der Waals surface area contributed by atoms with Crippen LogP contribution in [0, 0.1) is 5.92 Å². The first-order chi connectivity index (χ1) is 20.3. The molecule has 0 spiro atoms. The van der Waals surface area contributed by atoms with Crippen LogP contribution in [0.15, 0.2) is 41.3 Å². The molecule has 1 aliphatic carbocycles. The number of fused-ring (bicyclic) bond motifs is 2. The molecule has 13 heteroatoms. The van der Waals surface area contributed by atoms with Crippen LogP contribution in [0.1, 0.15) is 72.1 Å². The van der Waals surface area contributed by atoms with Crippen molar-refractivity contribution < 1.29 is 41.8 Å². The number of alkyl carbamates (subject to hydrolysis) is 1. The third-order valence-corrected chi connectivity index (χ3v) is 9.47. The minimum Gasteiger partial charge on any atom is -0.495 e. The lowest BCUT2D eigenvalue weighted by molar-refractivity contribution is -0.416. The van der Waals surface area contributed by atoms with Crippen molar-refractivity contribution >= 4 is 33.8 Å². The number of nitrogens with two attached hydrogens (primary N) is 1. The molecule has 0 radical (unpaired) electrons. The molecular formula is C30H43N4O8S+. The van der Waals surface area contributed by atoms with Crippen LogP contribution in [0.25, 0.3) is 0 Å². The molecule has 1 saturated carbocycles. The first kappa shape index (κ1) is 32.5. The maximum atomic E-state index is 13.7. The lowest BCUT2D eigenvalue weighted by Crippen LogP contribution is -2.94. The molecule has 4 atom stereocenters. The highest BCUT2D eigenvalue weighted by Crippen LogP contribution is 2.45. The van der Waals surface area contributed by atoms with Gasteiger partial charge in [0.1, 0.15) is 23.4 Å². The van der Waals surface area contributed by atoms with Crippen molar-refractivity contribution in [1.82, 2.24) is 15.5 Å². The standard InChI is InChI=1S/C30H42N4O8S/c1-29(2,3)42-28(38)31-21-14-9-7-5-6-8-13-20-19-30(20,32-25(35)22-15-12-18-34(22)26(21)36)27(37)33-43(39,40)24-17-11-10-16-23(24)41-4/h8,10-11,13,16-17,20-22H,5-7,9,12,14-15,18-19H2,1-4H3,(H,31,38)(H,32,35)(H,33,37)/p+1. The van der Waals surface area contributed by atoms with Crippen LogP contribution in [0.2, 0.25) is 0 Å². The number of para-hydroxylation sites is 1. The number of benzene rings is 1. The number of carbonyl (C=O) groups excluding carboxylic acids is 4. The van der Waals surface area contributed by atoms with Crippen molar-refractivity contribution in [1.29, 1.82) is 0 Å². The van der Waals surface area contributed by atoms with Crippen molar-refractivity contribution in [3.8, 4) is 5.75 Å². The van der Waals surface area contributed by atoms with E-state index in [-0.39, 0.29) is 28.9 Å². The second-order valence-corrected chi connectivity index (χ2v) is 14.2. The molecule has 1 aromatic carbocycles. The maximum Gasteiger partial charge on any atom is 0.408 e. The van der Waals surface area contributed by atoms with Crippen LogP contribution in [0.3, 0.4) is 0 Å². The number of carbonyl (C=O) groups is 4. The minimum absolute atomic E-state index is 0.108. The highest BCUT2D eigenvalue weighted by atomic mass is 32.2. The summed E-state index contributed by atoms with van der Waals surface area (Å²) in [4.78, 5) is 55.0. The maximum absolute atomic E-state index is 13.7. The summed E-state index contributed by atoms with van der Waals surface area (Å²) in [7, 11) is -2.85. The fraction of sp³-hybridized carbons (Fsp3) is 0.600. The van der Waals surface area contributed by atoms with E-state index in [4.69, 9.17) is 9.47 Å². The third kappa shape index (κ3) is 7.74. The SMILES string of the molecule is COc1ccccc1S(=O)(=O)[NH2+]C(=O)C12CC1C=CCCCCCC(NC(=O)OC(C)(C)C)C(=O)N1CCCC1C(=O)N2. The minimum atomic E-state index is -4.20. The van der Waals surface area contributed by atoms with Gasteiger partial charge in [-0.1, -0.05) is 37.1 Å². The lowest BCUT2D eigenvalue weighted by atomic mass is 10.0. The molecule has 43 heavy (non-hydrogen) atoms. The van der Waals surface area contributed by atoms with Crippen LogP contribution in [-0.2, 0) is 29.1 Å². The molecule has 4 unspecified atom stereocenters. The Balaban J connectivity index is 1.57. The number of amides is 4. The fourth-order valence-electron chi connectivity index (χ4n) is 5.73. The molecule has 4 amide bonds. The second-order valence-electron chi connectivity index (χ2n) is 12.4. The van der Waals surface area contributed by atoms with E-state index in [2.05, 4.69) is 10.6 Å². The molecule has 2 fully saturated rings. The van der Waals surface area contributed by atoms with Gasteiger partial charge in [0.05, 0.1) is 7.11 Å². The fourth-order valence-corrected chi connectivity index (χ4v) is 7.05. The summed E-state index contributed by atoms with van der Waals surface area (Å²) in [5, 5.41) is 5.55. The van der Waals surface area contributed by atoms with Gasteiger partial charge in [-0.05, 0) is 71.4 Å². The number of hydrogen-bond acceptors (Lipinski definition) is 8. The monoisotopic (exact) mass is 619 g/mol. The summed E-state index contributed by atoms with van der Waals surface area (Å²) in [6.07, 6.45) is 7.74. The van der Waals surface area contributed by atoms with E-state index in [0.717, 1.165) is 12.8 Å². The van der Waals surface area contributed by atoms with Gasteiger partial charge in [0, 0.05) is 12.5 Å². The summed E-state index contributed by atoms with van der Waals surface area (Å²) < 4.78 is 37.8. The first-order valence-electron chi connectivity index (χ1n) is 14.8. The Labute approximate surface area is 253 Å². The molecule has 4 N–H and O–H groups in total. The molecular weight excluding hydrogens is 576 g/mol. The van der Waals surface area contributed by atoms with Gasteiger partial charge in [-0.25, -0.2) is 9.59 Å². The van der Waals surface area contributed by atoms with E-state index in [1.807, 2.05) is 12.2 Å². The molecule has 1 saturated heterocycles. The molecule has 3 aliphatic rings.